The quantitative estimate of drug-likeness (QED) is 0.547. The van der Waals surface area contributed by atoms with Gasteiger partial charge in [-0.15, -0.1) is 0 Å². The second kappa shape index (κ2) is 8.86. The summed E-state index contributed by atoms with van der Waals surface area (Å²) in [6, 6.07) is 21.5. The Bertz CT molecular complexity index is 548. The van der Waals surface area contributed by atoms with Crippen LogP contribution in [0.5, 0.6) is 0 Å². The first kappa shape index (κ1) is 17.0. The minimum absolute atomic E-state index is 0.310. The Morgan fingerprint density at radius 3 is 2.08 bits per heavy atom. The van der Waals surface area contributed by atoms with Crippen molar-refractivity contribution in [1.29, 1.82) is 0 Å². The van der Waals surface area contributed by atoms with Gasteiger partial charge in [0.25, 0.3) is 0 Å². The highest BCUT2D eigenvalue weighted by atomic mass is 16.2. The number of para-hydroxylation sites is 2. The van der Waals surface area contributed by atoms with E-state index in [1.165, 1.54) is 37.1 Å². The highest BCUT2D eigenvalue weighted by molar-refractivity contribution is 5.61. The van der Waals surface area contributed by atoms with E-state index in [1.807, 2.05) is 0 Å². The van der Waals surface area contributed by atoms with Gasteiger partial charge in [-0.25, -0.2) is 5.43 Å². The van der Waals surface area contributed by atoms with Crippen LogP contribution in [0.15, 0.2) is 60.7 Å². The summed E-state index contributed by atoms with van der Waals surface area (Å²) in [5.41, 5.74) is 6.14. The molecule has 0 radical (unpaired) electrons. The Morgan fingerprint density at radius 1 is 0.875 bits per heavy atom. The third-order valence-electron chi connectivity index (χ3n) is 4.97. The van der Waals surface area contributed by atoms with Gasteiger partial charge in [0, 0.05) is 12.6 Å². The molecule has 0 heterocycles. The van der Waals surface area contributed by atoms with Gasteiger partial charge in [0.05, 0.1) is 11.4 Å². The summed E-state index contributed by atoms with van der Waals surface area (Å²) in [5, 5.41) is 11.3. The van der Waals surface area contributed by atoms with Gasteiger partial charge in [-0.3, -0.25) is 5.01 Å². The Kier molecular flexibility index (Phi) is 6.27. The van der Waals surface area contributed by atoms with Gasteiger partial charge in [-0.2, -0.15) is 0 Å². The summed E-state index contributed by atoms with van der Waals surface area (Å²) in [6.07, 6.45) is 7.05. The molecule has 2 atom stereocenters. The largest absolute Gasteiger partial charge is 0.396 e. The number of unbranched alkanes of at least 4 members (excludes halogenated alkanes) is 1. The summed E-state index contributed by atoms with van der Waals surface area (Å²) in [4.78, 5) is 0. The van der Waals surface area contributed by atoms with Gasteiger partial charge < -0.3 is 5.11 Å². The number of hydrazine groups is 1. The van der Waals surface area contributed by atoms with Crippen LogP contribution < -0.4 is 10.4 Å². The molecule has 0 spiro atoms. The third-order valence-corrected chi connectivity index (χ3v) is 4.97. The molecule has 0 bridgehead atoms. The van der Waals surface area contributed by atoms with Crippen molar-refractivity contribution in [2.24, 2.45) is 5.92 Å². The second-order valence-electron chi connectivity index (χ2n) is 6.65. The first-order valence-electron chi connectivity index (χ1n) is 9.16. The van der Waals surface area contributed by atoms with Gasteiger partial charge in [0.1, 0.15) is 0 Å². The first-order chi connectivity index (χ1) is 11.9. The molecular formula is C21H28N2O. The number of rotatable bonds is 8. The van der Waals surface area contributed by atoms with Crippen molar-refractivity contribution in [2.75, 3.05) is 11.6 Å². The molecule has 1 fully saturated rings. The average molecular weight is 324 g/mol. The average Bonchev–Trinajstić information content (AvgIpc) is 3.08. The maximum absolute atomic E-state index is 9.02. The zero-order chi connectivity index (χ0) is 16.6. The molecule has 24 heavy (non-hydrogen) atoms. The maximum atomic E-state index is 9.02. The molecule has 0 unspecified atom stereocenters. The summed E-state index contributed by atoms with van der Waals surface area (Å²) >= 11 is 0. The van der Waals surface area contributed by atoms with Crippen LogP contribution in [0, 0.1) is 5.92 Å². The molecule has 0 aromatic heterocycles. The topological polar surface area (TPSA) is 35.5 Å². The van der Waals surface area contributed by atoms with Crippen molar-refractivity contribution >= 4 is 11.4 Å². The van der Waals surface area contributed by atoms with Gasteiger partial charge in [0.15, 0.2) is 0 Å². The molecule has 3 nitrogen and oxygen atoms in total. The highest BCUT2D eigenvalue weighted by Gasteiger charge is 2.28. The van der Waals surface area contributed by atoms with E-state index in [0.717, 1.165) is 12.8 Å². The Balaban J connectivity index is 1.74. The van der Waals surface area contributed by atoms with Crippen LogP contribution in [0.25, 0.3) is 0 Å². The van der Waals surface area contributed by atoms with Crippen LogP contribution in [0.2, 0.25) is 0 Å². The van der Waals surface area contributed by atoms with Crippen LogP contribution in [0.3, 0.4) is 0 Å². The number of hydrogen-bond acceptors (Lipinski definition) is 3. The molecule has 0 amide bonds. The van der Waals surface area contributed by atoms with E-state index in [9.17, 15) is 0 Å². The van der Waals surface area contributed by atoms with Crippen molar-refractivity contribution in [3.63, 3.8) is 0 Å². The number of aliphatic hydroxyl groups is 1. The maximum Gasteiger partial charge on any atom is 0.0577 e. The summed E-state index contributed by atoms with van der Waals surface area (Å²) in [5.74, 6) is 0.700. The van der Waals surface area contributed by atoms with Crippen LogP contribution >= 0.6 is 0 Å². The molecule has 2 aromatic rings. The third kappa shape index (κ3) is 4.37. The minimum Gasteiger partial charge on any atom is -0.396 e. The standard InChI is InChI=1S/C21H28N2O/c24-17-8-7-10-18-11-9-16-21(18)22-23(19-12-3-1-4-13-19)20-14-5-2-6-15-20/h1-6,12-15,18,21-22,24H,7-11,16-17H2/t18-,21-/m1/s1. The summed E-state index contributed by atoms with van der Waals surface area (Å²) in [6.45, 7) is 0.310. The number of nitrogens with one attached hydrogen (secondary N) is 1. The highest BCUT2D eigenvalue weighted by Crippen LogP contribution is 2.32. The van der Waals surface area contributed by atoms with Crippen molar-refractivity contribution in [3.05, 3.63) is 60.7 Å². The molecule has 2 aromatic carbocycles. The van der Waals surface area contributed by atoms with Crippen LogP contribution in [-0.2, 0) is 0 Å². The monoisotopic (exact) mass is 324 g/mol. The van der Waals surface area contributed by atoms with E-state index in [4.69, 9.17) is 5.11 Å². The van der Waals surface area contributed by atoms with Crippen molar-refractivity contribution in [1.82, 2.24) is 5.43 Å². The van der Waals surface area contributed by atoms with Crippen LogP contribution in [-0.4, -0.2) is 17.8 Å². The van der Waals surface area contributed by atoms with Gasteiger partial charge in [0.2, 0.25) is 0 Å². The fourth-order valence-electron chi connectivity index (χ4n) is 3.69. The summed E-state index contributed by atoms with van der Waals surface area (Å²) in [7, 11) is 0. The van der Waals surface area contributed by atoms with E-state index < -0.39 is 0 Å². The molecule has 2 N–H and O–H groups in total. The molecule has 0 saturated heterocycles. The van der Waals surface area contributed by atoms with E-state index in [2.05, 4.69) is 71.1 Å². The van der Waals surface area contributed by atoms with E-state index in [0.29, 0.717) is 18.6 Å². The Labute approximate surface area is 145 Å². The van der Waals surface area contributed by atoms with E-state index >= 15 is 0 Å². The van der Waals surface area contributed by atoms with Crippen molar-refractivity contribution < 1.29 is 5.11 Å². The molecule has 1 aliphatic rings. The zero-order valence-electron chi connectivity index (χ0n) is 14.3. The smallest absolute Gasteiger partial charge is 0.0577 e. The Morgan fingerprint density at radius 2 is 1.50 bits per heavy atom. The van der Waals surface area contributed by atoms with Crippen LogP contribution in [0.4, 0.5) is 11.4 Å². The molecule has 3 heteroatoms. The first-order valence-corrected chi connectivity index (χ1v) is 9.16. The zero-order valence-corrected chi connectivity index (χ0v) is 14.3. The molecule has 128 valence electrons. The molecule has 3 rings (SSSR count). The number of nitrogens with zero attached hydrogens (tertiary/aromatic N) is 1. The number of anilines is 2. The SMILES string of the molecule is OCCCC[C@@H]1CCC[C@H]1NN(c1ccccc1)c1ccccc1. The summed E-state index contributed by atoms with van der Waals surface area (Å²) < 4.78 is 0. The lowest BCUT2D eigenvalue weighted by atomic mass is 9.97. The molecule has 1 saturated carbocycles. The Hall–Kier alpha value is -1.84. The normalized spacial score (nSPS) is 20.2. The van der Waals surface area contributed by atoms with Crippen molar-refractivity contribution in [3.8, 4) is 0 Å². The number of hydrogen-bond donors (Lipinski definition) is 2. The number of aliphatic hydroxyl groups excluding tert-OH is 1. The fraction of sp³-hybridized carbons (Fsp3) is 0.429. The van der Waals surface area contributed by atoms with Gasteiger partial charge in [-0.1, -0.05) is 49.2 Å². The predicted octanol–water partition coefficient (Wildman–Crippen LogP) is 4.66. The molecule has 1 aliphatic carbocycles. The van der Waals surface area contributed by atoms with E-state index in [1.54, 1.807) is 0 Å². The van der Waals surface area contributed by atoms with E-state index in [-0.39, 0.29) is 0 Å². The number of benzene rings is 2. The molecule has 0 aliphatic heterocycles. The lowest BCUT2D eigenvalue weighted by molar-refractivity contribution is 0.273. The molecular weight excluding hydrogens is 296 g/mol. The fourth-order valence-corrected chi connectivity index (χ4v) is 3.69. The lowest BCUT2D eigenvalue weighted by Crippen LogP contribution is -2.43. The lowest BCUT2D eigenvalue weighted by Gasteiger charge is -2.32. The van der Waals surface area contributed by atoms with Crippen molar-refractivity contribution in [2.45, 2.75) is 44.6 Å². The van der Waals surface area contributed by atoms with Gasteiger partial charge >= 0.3 is 0 Å². The van der Waals surface area contributed by atoms with Gasteiger partial charge in [-0.05, 0) is 55.9 Å². The minimum atomic E-state index is 0.310. The van der Waals surface area contributed by atoms with Crippen LogP contribution in [0.1, 0.15) is 38.5 Å². The predicted molar refractivity (Wildman–Crippen MR) is 100 cm³/mol. The second-order valence-corrected chi connectivity index (χ2v) is 6.65.